The molecule has 0 heterocycles. The van der Waals surface area contributed by atoms with Gasteiger partial charge in [0.1, 0.15) is 0 Å². The van der Waals surface area contributed by atoms with Crippen molar-refractivity contribution in [1.29, 1.82) is 0 Å². The molecule has 0 aromatic heterocycles. The van der Waals surface area contributed by atoms with Crippen molar-refractivity contribution in [3.63, 3.8) is 0 Å². The third kappa shape index (κ3) is 5.45. The highest BCUT2D eigenvalue weighted by Gasteiger charge is 2.30. The molecular weight excluding hydrogens is 530 g/mol. The molecule has 0 spiro atoms. The molecule has 0 radical (unpaired) electrons. The minimum Gasteiger partial charge on any atom is -0.505 e. The first-order valence-electron chi connectivity index (χ1n) is 13.7. The molecule has 1 saturated carbocycles. The smallest absolute Gasteiger partial charge is 0.200 e. The highest BCUT2D eigenvalue weighted by molar-refractivity contribution is 5.68. The van der Waals surface area contributed by atoms with E-state index >= 15 is 0 Å². The summed E-state index contributed by atoms with van der Waals surface area (Å²) in [6.07, 6.45) is 9.28. The van der Waals surface area contributed by atoms with Crippen LogP contribution in [0.1, 0.15) is 62.5 Å². The number of phenolic OH excluding ortho intramolecular Hbond substituents is 2. The summed E-state index contributed by atoms with van der Waals surface area (Å²) in [5.74, 6) is -7.76. The van der Waals surface area contributed by atoms with Gasteiger partial charge in [-0.05, 0) is 98.1 Å². The Labute approximate surface area is 229 Å². The minimum atomic E-state index is -1.51. The summed E-state index contributed by atoms with van der Waals surface area (Å²) in [6, 6.07) is 7.14. The Morgan fingerprint density at radius 2 is 1.12 bits per heavy atom. The lowest BCUT2D eigenvalue weighted by Crippen LogP contribution is -2.23. The normalized spacial score (nSPS) is 21.4. The van der Waals surface area contributed by atoms with E-state index in [0.717, 1.165) is 56.2 Å². The summed E-state index contributed by atoms with van der Waals surface area (Å²) in [4.78, 5) is 0. The molecule has 0 aliphatic heterocycles. The fourth-order valence-corrected chi connectivity index (χ4v) is 6.36. The third-order valence-electron chi connectivity index (χ3n) is 8.75. The zero-order chi connectivity index (χ0) is 28.6. The molecule has 5 rings (SSSR count). The fourth-order valence-electron chi connectivity index (χ4n) is 6.36. The van der Waals surface area contributed by atoms with E-state index in [1.807, 2.05) is 6.08 Å². The molecule has 2 nitrogen and oxygen atoms in total. The van der Waals surface area contributed by atoms with Crippen molar-refractivity contribution < 1.29 is 36.6 Å². The van der Waals surface area contributed by atoms with Crippen LogP contribution in [0.25, 0.3) is 16.7 Å². The number of allylic oxidation sites excluding steroid dienone is 2. The molecule has 212 valence electrons. The van der Waals surface area contributed by atoms with Crippen molar-refractivity contribution in [2.45, 2.75) is 57.8 Å². The summed E-state index contributed by atoms with van der Waals surface area (Å²) < 4.78 is 85.6. The van der Waals surface area contributed by atoms with E-state index in [4.69, 9.17) is 0 Å². The lowest BCUT2D eigenvalue weighted by Gasteiger charge is -2.35. The van der Waals surface area contributed by atoms with E-state index in [9.17, 15) is 36.6 Å². The molecule has 0 saturated heterocycles. The number of hydrogen-bond acceptors (Lipinski definition) is 2. The van der Waals surface area contributed by atoms with Crippen molar-refractivity contribution in [3.05, 3.63) is 88.5 Å². The second kappa shape index (κ2) is 11.6. The monoisotopic (exact) mass is 560 g/mol. The van der Waals surface area contributed by atoms with E-state index in [1.165, 1.54) is 24.3 Å². The molecular formula is C32H30F6O2. The number of aromatic hydroxyl groups is 2. The number of hydrogen-bond donors (Lipinski definition) is 2. The topological polar surface area (TPSA) is 40.5 Å². The average Bonchev–Trinajstić information content (AvgIpc) is 2.96. The van der Waals surface area contributed by atoms with Crippen LogP contribution in [0.2, 0.25) is 0 Å². The van der Waals surface area contributed by atoms with Gasteiger partial charge in [-0.1, -0.05) is 31.1 Å². The standard InChI is InChI=1S/C32H30F6O2/c33-27-21(11-12-23(29(27)35)24-14-16-26(40)32(38)30(24)36)6-3-17-1-4-18(5-2-17)19-7-9-20(10-8-19)22-13-15-25(39)31(37)28(22)34/h9,11-19,39-40H,1-8,10H2. The second-order valence-corrected chi connectivity index (χ2v) is 11.0. The summed E-state index contributed by atoms with van der Waals surface area (Å²) in [5, 5.41) is 18.6. The van der Waals surface area contributed by atoms with Crippen LogP contribution in [0.4, 0.5) is 26.3 Å². The molecule has 2 aliphatic carbocycles. The van der Waals surface area contributed by atoms with Gasteiger partial charge in [0.05, 0.1) is 0 Å². The number of benzene rings is 3. The SMILES string of the molecule is Oc1ccc(C2=CCC(C3CCC(CCc4ccc(-c5ccc(O)c(F)c5F)c(F)c4F)CC3)CC2)c(F)c1F. The van der Waals surface area contributed by atoms with E-state index in [1.54, 1.807) is 0 Å². The molecule has 2 aliphatic rings. The van der Waals surface area contributed by atoms with Gasteiger partial charge in [0.25, 0.3) is 0 Å². The number of halogens is 6. The first-order valence-corrected chi connectivity index (χ1v) is 13.7. The highest BCUT2D eigenvalue weighted by Crippen LogP contribution is 2.43. The molecule has 3 aromatic rings. The van der Waals surface area contributed by atoms with Crippen LogP contribution in [-0.2, 0) is 6.42 Å². The van der Waals surface area contributed by atoms with Crippen LogP contribution in [0, 0.1) is 52.7 Å². The molecule has 1 fully saturated rings. The third-order valence-corrected chi connectivity index (χ3v) is 8.75. The first-order chi connectivity index (χ1) is 19.2. The average molecular weight is 561 g/mol. The lowest BCUT2D eigenvalue weighted by molar-refractivity contribution is 0.189. The van der Waals surface area contributed by atoms with E-state index in [-0.39, 0.29) is 11.1 Å². The summed E-state index contributed by atoms with van der Waals surface area (Å²) in [5.41, 5.74) is 0.294. The Bertz CT molecular complexity index is 1440. The molecule has 2 N–H and O–H groups in total. The van der Waals surface area contributed by atoms with E-state index in [2.05, 4.69) is 0 Å². The molecule has 1 atom stereocenters. The summed E-state index contributed by atoms with van der Waals surface area (Å²) >= 11 is 0. The van der Waals surface area contributed by atoms with E-state index in [0.29, 0.717) is 37.0 Å². The van der Waals surface area contributed by atoms with Crippen LogP contribution in [0.3, 0.4) is 0 Å². The zero-order valence-corrected chi connectivity index (χ0v) is 21.8. The van der Waals surface area contributed by atoms with Gasteiger partial charge in [-0.15, -0.1) is 0 Å². The van der Waals surface area contributed by atoms with Gasteiger partial charge in [-0.25, -0.2) is 17.6 Å². The van der Waals surface area contributed by atoms with Gasteiger partial charge in [0, 0.05) is 16.7 Å². The number of phenols is 2. The van der Waals surface area contributed by atoms with Crippen LogP contribution >= 0.6 is 0 Å². The van der Waals surface area contributed by atoms with Gasteiger partial charge < -0.3 is 10.2 Å². The Kier molecular flexibility index (Phi) is 8.15. The maximum Gasteiger partial charge on any atom is 0.200 e. The molecule has 40 heavy (non-hydrogen) atoms. The maximum atomic E-state index is 14.8. The predicted octanol–water partition coefficient (Wildman–Crippen LogP) is 9.22. The Hall–Kier alpha value is -3.42. The van der Waals surface area contributed by atoms with E-state index < -0.39 is 57.5 Å². The van der Waals surface area contributed by atoms with Gasteiger partial charge >= 0.3 is 0 Å². The fraction of sp³-hybridized carbons (Fsp3) is 0.375. The second-order valence-electron chi connectivity index (χ2n) is 11.0. The molecule has 1 unspecified atom stereocenters. The quantitative estimate of drug-likeness (QED) is 0.295. The predicted molar refractivity (Wildman–Crippen MR) is 140 cm³/mol. The number of rotatable bonds is 6. The lowest BCUT2D eigenvalue weighted by atomic mass is 9.70. The Morgan fingerprint density at radius 3 is 1.73 bits per heavy atom. The summed E-state index contributed by atoms with van der Waals surface area (Å²) in [7, 11) is 0. The maximum absolute atomic E-state index is 14.8. The molecule has 0 bridgehead atoms. The van der Waals surface area contributed by atoms with Gasteiger partial charge in [-0.3, -0.25) is 0 Å². The summed E-state index contributed by atoms with van der Waals surface area (Å²) in [6.45, 7) is 0. The zero-order valence-electron chi connectivity index (χ0n) is 21.8. The number of aryl methyl sites for hydroxylation is 1. The van der Waals surface area contributed by atoms with Crippen LogP contribution < -0.4 is 0 Å². The molecule has 0 amide bonds. The first kappa shape index (κ1) is 28.1. The van der Waals surface area contributed by atoms with Crippen molar-refractivity contribution >= 4 is 5.57 Å². The van der Waals surface area contributed by atoms with Crippen molar-refractivity contribution in [3.8, 4) is 22.6 Å². The highest BCUT2D eigenvalue weighted by atomic mass is 19.2. The van der Waals surface area contributed by atoms with Gasteiger partial charge in [0.15, 0.2) is 34.8 Å². The molecule has 8 heteroatoms. The van der Waals surface area contributed by atoms with Crippen molar-refractivity contribution in [2.75, 3.05) is 0 Å². The Balaban J connectivity index is 1.15. The van der Waals surface area contributed by atoms with Crippen LogP contribution in [0.5, 0.6) is 11.5 Å². The van der Waals surface area contributed by atoms with Crippen LogP contribution in [0.15, 0.2) is 42.5 Å². The van der Waals surface area contributed by atoms with Crippen LogP contribution in [-0.4, -0.2) is 10.2 Å². The molecule has 3 aromatic carbocycles. The Morgan fingerprint density at radius 1 is 0.575 bits per heavy atom. The minimum absolute atomic E-state index is 0.186. The van der Waals surface area contributed by atoms with Crippen molar-refractivity contribution in [2.24, 2.45) is 17.8 Å². The van der Waals surface area contributed by atoms with Crippen molar-refractivity contribution in [1.82, 2.24) is 0 Å². The van der Waals surface area contributed by atoms with Gasteiger partial charge in [0.2, 0.25) is 11.6 Å². The largest absolute Gasteiger partial charge is 0.505 e. The van der Waals surface area contributed by atoms with Gasteiger partial charge in [-0.2, -0.15) is 8.78 Å².